The van der Waals surface area contributed by atoms with Gasteiger partial charge in [0.25, 0.3) is 0 Å². The minimum Gasteiger partial charge on any atom is -0.496 e. The molecule has 0 aliphatic carbocycles. The van der Waals surface area contributed by atoms with Crippen LogP contribution in [-0.2, 0) is 6.42 Å². The Morgan fingerprint density at radius 3 is 2.65 bits per heavy atom. The summed E-state index contributed by atoms with van der Waals surface area (Å²) in [4.78, 5) is 4.21. The van der Waals surface area contributed by atoms with Crippen molar-refractivity contribution >= 4 is 31.9 Å². The molecule has 0 amide bonds. The molecule has 1 heterocycles. The van der Waals surface area contributed by atoms with Crippen LogP contribution in [-0.4, -0.2) is 19.1 Å². The summed E-state index contributed by atoms with van der Waals surface area (Å²) in [7, 11) is 3.65. The van der Waals surface area contributed by atoms with Gasteiger partial charge in [0.15, 0.2) is 0 Å². The molecule has 0 saturated carbocycles. The van der Waals surface area contributed by atoms with E-state index in [1.54, 1.807) is 13.3 Å². The quantitative estimate of drug-likeness (QED) is 0.821. The normalized spacial score (nSPS) is 12.2. The van der Waals surface area contributed by atoms with E-state index >= 15 is 0 Å². The van der Waals surface area contributed by atoms with Gasteiger partial charge in [0.05, 0.1) is 7.11 Å². The van der Waals surface area contributed by atoms with Crippen molar-refractivity contribution in [3.05, 3.63) is 56.7 Å². The van der Waals surface area contributed by atoms with Gasteiger partial charge in [0.2, 0.25) is 0 Å². The Hall–Kier alpha value is -0.910. The average molecular weight is 400 g/mol. The summed E-state index contributed by atoms with van der Waals surface area (Å²) in [5, 5.41) is 3.34. The van der Waals surface area contributed by atoms with E-state index in [-0.39, 0.29) is 6.04 Å². The number of nitrogens with zero attached hydrogens (tertiary/aromatic N) is 1. The molecular formula is C15H16Br2N2O. The molecule has 106 valence electrons. The van der Waals surface area contributed by atoms with Crippen molar-refractivity contribution in [3.8, 4) is 5.75 Å². The fraction of sp³-hybridized carbons (Fsp3) is 0.267. The van der Waals surface area contributed by atoms with Gasteiger partial charge in [-0.25, -0.2) is 0 Å². The van der Waals surface area contributed by atoms with Gasteiger partial charge >= 0.3 is 0 Å². The largest absolute Gasteiger partial charge is 0.496 e. The van der Waals surface area contributed by atoms with E-state index in [0.717, 1.165) is 26.7 Å². The molecule has 1 unspecified atom stereocenters. The average Bonchev–Trinajstić information content (AvgIpc) is 2.45. The Labute approximate surface area is 136 Å². The smallest absolute Gasteiger partial charge is 0.124 e. The van der Waals surface area contributed by atoms with E-state index < -0.39 is 0 Å². The Morgan fingerprint density at radius 1 is 1.20 bits per heavy atom. The Bertz CT molecular complexity index is 590. The lowest BCUT2D eigenvalue weighted by Gasteiger charge is -2.19. The van der Waals surface area contributed by atoms with Crippen LogP contribution in [0.4, 0.5) is 0 Å². The molecule has 3 nitrogen and oxygen atoms in total. The number of ether oxygens (including phenoxy) is 1. The van der Waals surface area contributed by atoms with Crippen molar-refractivity contribution < 1.29 is 4.74 Å². The minimum atomic E-state index is 0.175. The first-order valence-electron chi connectivity index (χ1n) is 6.24. The lowest BCUT2D eigenvalue weighted by Crippen LogP contribution is -2.19. The molecule has 1 aromatic carbocycles. The Balaban J connectivity index is 2.28. The number of nitrogens with one attached hydrogen (secondary N) is 1. The van der Waals surface area contributed by atoms with Crippen LogP contribution in [0.15, 0.2) is 45.6 Å². The number of hydrogen-bond acceptors (Lipinski definition) is 3. The van der Waals surface area contributed by atoms with Crippen molar-refractivity contribution in [1.82, 2.24) is 10.3 Å². The summed E-state index contributed by atoms with van der Waals surface area (Å²) in [5.74, 6) is 0.877. The minimum absolute atomic E-state index is 0.175. The van der Waals surface area contributed by atoms with Crippen molar-refractivity contribution in [3.63, 3.8) is 0 Å². The summed E-state index contributed by atoms with van der Waals surface area (Å²) in [6.07, 6.45) is 4.53. The van der Waals surface area contributed by atoms with E-state index in [1.807, 2.05) is 25.4 Å². The third-order valence-electron chi connectivity index (χ3n) is 3.12. The molecule has 5 heteroatoms. The first-order valence-corrected chi connectivity index (χ1v) is 7.82. The van der Waals surface area contributed by atoms with Crippen molar-refractivity contribution in [2.24, 2.45) is 0 Å². The highest BCUT2D eigenvalue weighted by atomic mass is 79.9. The maximum absolute atomic E-state index is 5.48. The van der Waals surface area contributed by atoms with Crippen molar-refractivity contribution in [2.75, 3.05) is 14.2 Å². The van der Waals surface area contributed by atoms with Gasteiger partial charge in [0, 0.05) is 32.9 Å². The van der Waals surface area contributed by atoms with Gasteiger partial charge in [-0.3, -0.25) is 4.98 Å². The molecule has 2 rings (SSSR count). The van der Waals surface area contributed by atoms with E-state index in [9.17, 15) is 0 Å². The highest BCUT2D eigenvalue weighted by molar-refractivity contribution is 9.10. The number of rotatable bonds is 5. The van der Waals surface area contributed by atoms with Crippen molar-refractivity contribution in [2.45, 2.75) is 12.5 Å². The van der Waals surface area contributed by atoms with Crippen LogP contribution in [0, 0.1) is 0 Å². The molecule has 0 radical (unpaired) electrons. The number of benzene rings is 1. The predicted molar refractivity (Wildman–Crippen MR) is 88.1 cm³/mol. The van der Waals surface area contributed by atoms with Crippen LogP contribution in [0.25, 0.3) is 0 Å². The topological polar surface area (TPSA) is 34.2 Å². The SMILES string of the molecule is CNC(Cc1cncc(Br)c1)c1ccc(Br)cc1OC. The molecular weight excluding hydrogens is 384 g/mol. The first kappa shape index (κ1) is 15.5. The molecule has 0 saturated heterocycles. The van der Waals surface area contributed by atoms with Gasteiger partial charge in [-0.05, 0) is 53.2 Å². The van der Waals surface area contributed by atoms with Gasteiger partial charge < -0.3 is 10.1 Å². The van der Waals surface area contributed by atoms with E-state index in [0.29, 0.717) is 0 Å². The number of pyridine rings is 1. The zero-order chi connectivity index (χ0) is 14.5. The van der Waals surface area contributed by atoms with Gasteiger partial charge in [-0.15, -0.1) is 0 Å². The summed E-state index contributed by atoms with van der Waals surface area (Å²) < 4.78 is 7.48. The zero-order valence-electron chi connectivity index (χ0n) is 11.4. The maximum Gasteiger partial charge on any atom is 0.124 e. The van der Waals surface area contributed by atoms with Crippen LogP contribution in [0.2, 0.25) is 0 Å². The third-order valence-corrected chi connectivity index (χ3v) is 4.05. The molecule has 20 heavy (non-hydrogen) atoms. The highest BCUT2D eigenvalue weighted by Crippen LogP contribution is 2.30. The number of halogens is 2. The number of methoxy groups -OCH3 is 1. The van der Waals surface area contributed by atoms with E-state index in [1.165, 1.54) is 5.56 Å². The molecule has 0 fully saturated rings. The Morgan fingerprint density at radius 2 is 2.00 bits per heavy atom. The van der Waals surface area contributed by atoms with E-state index in [4.69, 9.17) is 4.74 Å². The molecule has 0 spiro atoms. The number of hydrogen-bond donors (Lipinski definition) is 1. The predicted octanol–water partition coefficient (Wildman–Crippen LogP) is 4.12. The third kappa shape index (κ3) is 3.81. The summed E-state index contributed by atoms with van der Waals surface area (Å²) in [5.41, 5.74) is 2.31. The van der Waals surface area contributed by atoms with Crippen LogP contribution in [0.3, 0.4) is 0 Å². The van der Waals surface area contributed by atoms with Gasteiger partial charge in [0.1, 0.15) is 5.75 Å². The molecule has 1 aromatic heterocycles. The second-order valence-corrected chi connectivity index (χ2v) is 6.27. The molecule has 0 aliphatic heterocycles. The lowest BCUT2D eigenvalue weighted by molar-refractivity contribution is 0.401. The molecule has 1 atom stereocenters. The molecule has 0 bridgehead atoms. The fourth-order valence-electron chi connectivity index (χ4n) is 2.14. The summed E-state index contributed by atoms with van der Waals surface area (Å²) in [6, 6.07) is 8.35. The standard InChI is InChI=1S/C15H16Br2N2O/c1-18-14(6-10-5-12(17)9-19-8-10)13-4-3-11(16)7-15(13)20-2/h3-5,7-9,14,18H,6H2,1-2H3. The van der Waals surface area contributed by atoms with E-state index in [2.05, 4.69) is 54.3 Å². The van der Waals surface area contributed by atoms with Crippen LogP contribution >= 0.6 is 31.9 Å². The second kappa shape index (κ2) is 7.20. The van der Waals surface area contributed by atoms with Crippen LogP contribution in [0.5, 0.6) is 5.75 Å². The van der Waals surface area contributed by atoms with Crippen LogP contribution in [0.1, 0.15) is 17.2 Å². The number of aromatic nitrogens is 1. The number of likely N-dealkylation sites (N-methyl/N-ethyl adjacent to an activating group) is 1. The van der Waals surface area contributed by atoms with Crippen LogP contribution < -0.4 is 10.1 Å². The highest BCUT2D eigenvalue weighted by Gasteiger charge is 2.15. The molecule has 1 N–H and O–H groups in total. The summed E-state index contributed by atoms with van der Waals surface area (Å²) in [6.45, 7) is 0. The zero-order valence-corrected chi connectivity index (χ0v) is 14.5. The maximum atomic E-state index is 5.48. The fourth-order valence-corrected chi connectivity index (χ4v) is 2.90. The second-order valence-electron chi connectivity index (χ2n) is 4.44. The van der Waals surface area contributed by atoms with Crippen molar-refractivity contribution in [1.29, 1.82) is 0 Å². The molecule has 2 aromatic rings. The monoisotopic (exact) mass is 398 g/mol. The lowest BCUT2D eigenvalue weighted by atomic mass is 9.99. The van der Waals surface area contributed by atoms with Gasteiger partial charge in [-0.1, -0.05) is 22.0 Å². The Kier molecular flexibility index (Phi) is 5.57. The molecule has 0 aliphatic rings. The summed E-state index contributed by atoms with van der Waals surface area (Å²) >= 11 is 6.92. The van der Waals surface area contributed by atoms with Gasteiger partial charge in [-0.2, -0.15) is 0 Å². The first-order chi connectivity index (χ1) is 9.63.